The molecule has 1 N–H and O–H groups in total. The Bertz CT molecular complexity index is 655. The summed E-state index contributed by atoms with van der Waals surface area (Å²) in [5.74, 6) is -2.14. The first-order valence-corrected chi connectivity index (χ1v) is 8.06. The molecule has 0 unspecified atom stereocenters. The van der Waals surface area contributed by atoms with Gasteiger partial charge in [0.05, 0.1) is 31.0 Å². The number of hydrogen-bond donors (Lipinski definition) is 1. The van der Waals surface area contributed by atoms with Crippen molar-refractivity contribution in [3.8, 4) is 5.75 Å². The molecule has 0 bridgehead atoms. The van der Waals surface area contributed by atoms with Crippen molar-refractivity contribution in [1.29, 1.82) is 0 Å². The van der Waals surface area contributed by atoms with Crippen molar-refractivity contribution in [1.82, 2.24) is 4.72 Å². The summed E-state index contributed by atoms with van der Waals surface area (Å²) in [6.45, 7) is 2.75. The first-order valence-electron chi connectivity index (χ1n) is 6.51. The molecule has 0 spiro atoms. The molecule has 8 heteroatoms. The fourth-order valence-corrected chi connectivity index (χ4v) is 2.96. The van der Waals surface area contributed by atoms with E-state index in [4.69, 9.17) is 4.74 Å². The molecule has 1 amide bonds. The summed E-state index contributed by atoms with van der Waals surface area (Å²) in [5, 5.41) is -1.13. The third-order valence-corrected chi connectivity index (χ3v) is 5.21. The monoisotopic (exact) mass is 329 g/mol. The van der Waals surface area contributed by atoms with Crippen molar-refractivity contribution in [2.75, 3.05) is 14.2 Å². The molecule has 7 nitrogen and oxygen atoms in total. The summed E-state index contributed by atoms with van der Waals surface area (Å²) in [7, 11) is -1.49. The lowest BCUT2D eigenvalue weighted by atomic mass is 10.1. The third-order valence-electron chi connectivity index (χ3n) is 3.35. The minimum atomic E-state index is -4.04. The average molecular weight is 329 g/mol. The quantitative estimate of drug-likeness (QED) is 0.780. The molecule has 1 aromatic carbocycles. The van der Waals surface area contributed by atoms with Crippen LogP contribution in [0.5, 0.6) is 5.75 Å². The van der Waals surface area contributed by atoms with E-state index in [9.17, 15) is 18.0 Å². The summed E-state index contributed by atoms with van der Waals surface area (Å²) >= 11 is 0. The number of methoxy groups -OCH3 is 2. The van der Waals surface area contributed by atoms with E-state index in [1.54, 1.807) is 18.2 Å². The van der Waals surface area contributed by atoms with E-state index < -0.39 is 33.1 Å². The predicted octanol–water partition coefficient (Wildman–Crippen LogP) is 0.952. The Kier molecular flexibility index (Phi) is 5.92. The van der Waals surface area contributed by atoms with Crippen molar-refractivity contribution in [2.45, 2.75) is 19.1 Å². The number of para-hydroxylation sites is 1. The van der Waals surface area contributed by atoms with Crippen LogP contribution in [0, 0.1) is 5.92 Å². The fourth-order valence-electron chi connectivity index (χ4n) is 1.76. The summed E-state index contributed by atoms with van der Waals surface area (Å²) in [6, 6.07) is 6.23. The Hall–Kier alpha value is -2.09. The highest BCUT2D eigenvalue weighted by molar-refractivity contribution is 7.90. The summed E-state index contributed by atoms with van der Waals surface area (Å²) in [5.41, 5.74) is 0.0893. The number of ether oxygens (including phenoxy) is 2. The lowest BCUT2D eigenvalue weighted by Gasteiger charge is -2.19. The average Bonchev–Trinajstić information content (AvgIpc) is 2.51. The smallest absolute Gasteiger partial charge is 0.309 e. The van der Waals surface area contributed by atoms with Crippen molar-refractivity contribution in [3.63, 3.8) is 0 Å². The number of sulfonamides is 1. The lowest BCUT2D eigenvalue weighted by Crippen LogP contribution is -2.42. The molecule has 1 rings (SSSR count). The number of rotatable bonds is 6. The molecule has 0 heterocycles. The highest BCUT2D eigenvalue weighted by atomic mass is 32.2. The van der Waals surface area contributed by atoms with Crippen LogP contribution < -0.4 is 9.46 Å². The van der Waals surface area contributed by atoms with Crippen LogP contribution in [-0.2, 0) is 19.6 Å². The van der Waals surface area contributed by atoms with Crippen molar-refractivity contribution in [2.24, 2.45) is 5.92 Å². The van der Waals surface area contributed by atoms with Crippen molar-refractivity contribution >= 4 is 21.9 Å². The molecule has 2 atom stereocenters. The normalized spacial score (nSPS) is 13.8. The molecule has 1 aromatic rings. The van der Waals surface area contributed by atoms with E-state index >= 15 is 0 Å². The maximum atomic E-state index is 12.2. The molecule has 0 radical (unpaired) electrons. The molecule has 0 aromatic heterocycles. The number of carbonyl (C=O) groups is 2. The molecule has 0 aliphatic rings. The van der Waals surface area contributed by atoms with Gasteiger partial charge in [-0.2, -0.15) is 0 Å². The summed E-state index contributed by atoms with van der Waals surface area (Å²) in [4.78, 5) is 23.6. The number of nitrogens with one attached hydrogen (secondary N) is 1. The number of hydrogen-bond acceptors (Lipinski definition) is 6. The van der Waals surface area contributed by atoms with Crippen LogP contribution in [0.2, 0.25) is 0 Å². The van der Waals surface area contributed by atoms with Crippen LogP contribution in [0.15, 0.2) is 24.3 Å². The number of amides is 1. The van der Waals surface area contributed by atoms with Gasteiger partial charge in [0.1, 0.15) is 5.75 Å². The van der Waals surface area contributed by atoms with Crippen LogP contribution in [0.25, 0.3) is 0 Å². The lowest BCUT2D eigenvalue weighted by molar-refractivity contribution is -0.144. The number of esters is 1. The molecule has 0 fully saturated rings. The molecular formula is C14H19NO6S. The molecular weight excluding hydrogens is 310 g/mol. The van der Waals surface area contributed by atoms with E-state index in [0.717, 1.165) is 0 Å². The zero-order valence-electron chi connectivity index (χ0n) is 12.8. The van der Waals surface area contributed by atoms with E-state index in [0.29, 0.717) is 0 Å². The molecule has 22 heavy (non-hydrogen) atoms. The van der Waals surface area contributed by atoms with Gasteiger partial charge in [-0.3, -0.25) is 9.59 Å². The van der Waals surface area contributed by atoms with E-state index in [1.165, 1.54) is 34.1 Å². The second-order valence-corrected chi connectivity index (χ2v) is 6.73. The highest BCUT2D eigenvalue weighted by Gasteiger charge is 2.33. The van der Waals surface area contributed by atoms with Crippen molar-refractivity contribution in [3.05, 3.63) is 29.8 Å². The Morgan fingerprint density at radius 1 is 1.14 bits per heavy atom. The number of carbonyl (C=O) groups excluding carboxylic acids is 2. The number of benzene rings is 1. The third kappa shape index (κ3) is 3.97. The fraction of sp³-hybridized carbons (Fsp3) is 0.429. The minimum Gasteiger partial charge on any atom is -0.496 e. The SMILES string of the molecule is COC(=O)[C@H](C)[C@H](C)S(=O)(=O)NC(=O)c1ccccc1OC. The standard InChI is InChI=1S/C14H19NO6S/c1-9(14(17)21-4)10(2)22(18,19)15-13(16)11-7-5-6-8-12(11)20-3/h5-10H,1-4H3,(H,15,16)/t9-,10+/m1/s1. The second-order valence-electron chi connectivity index (χ2n) is 4.69. The Labute approximate surface area is 129 Å². The van der Waals surface area contributed by atoms with Crippen LogP contribution in [-0.4, -0.2) is 39.8 Å². The molecule has 0 aliphatic carbocycles. The Morgan fingerprint density at radius 2 is 1.73 bits per heavy atom. The van der Waals surface area contributed by atoms with Gasteiger partial charge >= 0.3 is 5.97 Å². The van der Waals surface area contributed by atoms with Gasteiger partial charge in [0.2, 0.25) is 10.0 Å². The minimum absolute atomic E-state index is 0.0893. The molecule has 122 valence electrons. The Balaban J connectivity index is 2.97. The van der Waals surface area contributed by atoms with Crippen LogP contribution in [0.4, 0.5) is 0 Å². The largest absolute Gasteiger partial charge is 0.496 e. The van der Waals surface area contributed by atoms with E-state index in [-0.39, 0.29) is 11.3 Å². The van der Waals surface area contributed by atoms with Gasteiger partial charge in [-0.25, -0.2) is 13.1 Å². The first-order chi connectivity index (χ1) is 10.2. The second kappa shape index (κ2) is 7.26. The Morgan fingerprint density at radius 3 is 2.27 bits per heavy atom. The molecule has 0 aliphatic heterocycles. The van der Waals surface area contributed by atoms with E-state index in [1.807, 2.05) is 4.72 Å². The van der Waals surface area contributed by atoms with Gasteiger partial charge in [0.15, 0.2) is 0 Å². The summed E-state index contributed by atoms with van der Waals surface area (Å²) in [6.07, 6.45) is 0. The van der Waals surface area contributed by atoms with Crippen LogP contribution in [0.3, 0.4) is 0 Å². The zero-order valence-corrected chi connectivity index (χ0v) is 13.6. The zero-order chi connectivity index (χ0) is 16.9. The first kappa shape index (κ1) is 18.0. The molecule has 0 saturated heterocycles. The van der Waals surface area contributed by atoms with Crippen molar-refractivity contribution < 1.29 is 27.5 Å². The maximum Gasteiger partial charge on any atom is 0.309 e. The van der Waals surface area contributed by atoms with Crippen LogP contribution in [0.1, 0.15) is 24.2 Å². The van der Waals surface area contributed by atoms with Gasteiger partial charge in [-0.1, -0.05) is 19.1 Å². The van der Waals surface area contributed by atoms with Gasteiger partial charge in [-0.05, 0) is 19.1 Å². The maximum absolute atomic E-state index is 12.2. The predicted molar refractivity (Wildman–Crippen MR) is 80.0 cm³/mol. The van der Waals surface area contributed by atoms with Gasteiger partial charge in [-0.15, -0.1) is 0 Å². The topological polar surface area (TPSA) is 98.8 Å². The molecule has 0 saturated carbocycles. The summed E-state index contributed by atoms with van der Waals surface area (Å²) < 4.78 is 35.9. The van der Waals surface area contributed by atoms with Gasteiger partial charge < -0.3 is 9.47 Å². The van der Waals surface area contributed by atoms with Gasteiger partial charge in [0.25, 0.3) is 5.91 Å². The van der Waals surface area contributed by atoms with Crippen LogP contribution >= 0.6 is 0 Å². The van der Waals surface area contributed by atoms with Gasteiger partial charge in [0, 0.05) is 0 Å². The highest BCUT2D eigenvalue weighted by Crippen LogP contribution is 2.19. The van der Waals surface area contributed by atoms with E-state index in [2.05, 4.69) is 4.74 Å².